The lowest BCUT2D eigenvalue weighted by Gasteiger charge is -2.34. The summed E-state index contributed by atoms with van der Waals surface area (Å²) in [5.74, 6) is 0.234. The Morgan fingerprint density at radius 1 is 1.55 bits per heavy atom. The number of nitrogens with one attached hydrogen (secondary N) is 1. The van der Waals surface area contributed by atoms with E-state index in [0.717, 1.165) is 31.5 Å². The Morgan fingerprint density at radius 2 is 2.30 bits per heavy atom. The molecule has 0 aromatic heterocycles. The molecule has 0 radical (unpaired) electrons. The number of amides is 1. The molecule has 0 bridgehead atoms. The highest BCUT2D eigenvalue weighted by Gasteiger charge is 2.42. The van der Waals surface area contributed by atoms with Gasteiger partial charge in [-0.25, -0.2) is 0 Å². The third-order valence-corrected chi connectivity index (χ3v) is 4.84. The summed E-state index contributed by atoms with van der Waals surface area (Å²) in [5, 5.41) is 4.03. The Labute approximate surface area is 126 Å². The van der Waals surface area contributed by atoms with Gasteiger partial charge < -0.3 is 10.2 Å². The molecule has 20 heavy (non-hydrogen) atoms. The second-order valence-electron chi connectivity index (χ2n) is 5.71. The maximum Gasteiger partial charge on any atom is 0.230 e. The largest absolute Gasteiger partial charge is 0.338 e. The summed E-state index contributed by atoms with van der Waals surface area (Å²) in [5.41, 5.74) is 0.840. The van der Waals surface area contributed by atoms with Crippen molar-refractivity contribution in [3.8, 4) is 0 Å². The van der Waals surface area contributed by atoms with Crippen LogP contribution in [0.3, 0.4) is 0 Å². The number of hydrogen-bond donors (Lipinski definition) is 1. The number of benzene rings is 1. The molecule has 0 saturated carbocycles. The van der Waals surface area contributed by atoms with E-state index in [0.29, 0.717) is 5.02 Å². The van der Waals surface area contributed by atoms with Crippen molar-refractivity contribution in [3.63, 3.8) is 0 Å². The third-order valence-electron chi connectivity index (χ3n) is 4.61. The SMILES string of the molecule is CCC1(C(=O)N(C)C(C)c2cccc(Cl)c2)CCNC1. The van der Waals surface area contributed by atoms with Gasteiger partial charge in [0.15, 0.2) is 0 Å². The van der Waals surface area contributed by atoms with Crippen LogP contribution in [0.5, 0.6) is 0 Å². The van der Waals surface area contributed by atoms with Crippen LogP contribution in [-0.4, -0.2) is 30.9 Å². The van der Waals surface area contributed by atoms with Gasteiger partial charge in [-0.05, 0) is 44.0 Å². The lowest BCUT2D eigenvalue weighted by molar-refractivity contribution is -0.142. The molecule has 2 rings (SSSR count). The molecular formula is C16H23ClN2O. The average Bonchev–Trinajstić information content (AvgIpc) is 2.95. The summed E-state index contributed by atoms with van der Waals surface area (Å²) in [6.45, 7) is 5.87. The molecule has 1 heterocycles. The van der Waals surface area contributed by atoms with E-state index in [1.165, 1.54) is 0 Å². The van der Waals surface area contributed by atoms with Crippen molar-refractivity contribution < 1.29 is 4.79 Å². The van der Waals surface area contributed by atoms with Crippen LogP contribution in [0.2, 0.25) is 5.02 Å². The predicted molar refractivity (Wildman–Crippen MR) is 82.8 cm³/mol. The molecule has 1 amide bonds. The summed E-state index contributed by atoms with van der Waals surface area (Å²) >= 11 is 6.04. The van der Waals surface area contributed by atoms with Crippen molar-refractivity contribution in [2.75, 3.05) is 20.1 Å². The third kappa shape index (κ3) is 2.84. The van der Waals surface area contributed by atoms with E-state index in [9.17, 15) is 4.79 Å². The molecule has 110 valence electrons. The van der Waals surface area contributed by atoms with Gasteiger partial charge in [-0.2, -0.15) is 0 Å². The fraction of sp³-hybridized carbons (Fsp3) is 0.562. The maximum atomic E-state index is 12.9. The summed E-state index contributed by atoms with van der Waals surface area (Å²) < 4.78 is 0. The second kappa shape index (κ2) is 6.15. The molecule has 0 spiro atoms. The molecule has 1 fully saturated rings. The molecule has 3 nitrogen and oxygen atoms in total. The van der Waals surface area contributed by atoms with Gasteiger partial charge in [-0.15, -0.1) is 0 Å². The van der Waals surface area contributed by atoms with Crippen LogP contribution in [0.4, 0.5) is 0 Å². The maximum absolute atomic E-state index is 12.9. The molecular weight excluding hydrogens is 272 g/mol. The highest BCUT2D eigenvalue weighted by Crippen LogP contribution is 2.34. The van der Waals surface area contributed by atoms with E-state index in [4.69, 9.17) is 11.6 Å². The van der Waals surface area contributed by atoms with E-state index in [1.54, 1.807) is 0 Å². The number of nitrogens with zero attached hydrogens (tertiary/aromatic N) is 1. The van der Waals surface area contributed by atoms with Gasteiger partial charge in [0, 0.05) is 18.6 Å². The first-order valence-corrected chi connectivity index (χ1v) is 7.61. The number of carbonyl (C=O) groups is 1. The average molecular weight is 295 g/mol. The second-order valence-corrected chi connectivity index (χ2v) is 6.14. The molecule has 0 aliphatic carbocycles. The number of rotatable bonds is 4. The van der Waals surface area contributed by atoms with E-state index >= 15 is 0 Å². The van der Waals surface area contributed by atoms with Crippen LogP contribution in [0.1, 0.15) is 38.3 Å². The molecule has 1 N–H and O–H groups in total. The lowest BCUT2D eigenvalue weighted by atomic mass is 9.82. The topological polar surface area (TPSA) is 32.3 Å². The van der Waals surface area contributed by atoms with Crippen molar-refractivity contribution in [2.45, 2.75) is 32.7 Å². The van der Waals surface area contributed by atoms with Gasteiger partial charge in [0.1, 0.15) is 0 Å². The van der Waals surface area contributed by atoms with E-state index < -0.39 is 0 Å². The molecule has 1 aliphatic rings. The molecule has 2 atom stereocenters. The van der Waals surface area contributed by atoms with E-state index in [-0.39, 0.29) is 17.4 Å². The lowest BCUT2D eigenvalue weighted by Crippen LogP contribution is -2.44. The fourth-order valence-corrected chi connectivity index (χ4v) is 3.12. The molecule has 4 heteroatoms. The molecule has 1 aromatic rings. The fourth-order valence-electron chi connectivity index (χ4n) is 2.92. The summed E-state index contributed by atoms with van der Waals surface area (Å²) in [4.78, 5) is 14.7. The Hall–Kier alpha value is -1.06. The highest BCUT2D eigenvalue weighted by atomic mass is 35.5. The van der Waals surface area contributed by atoms with Crippen molar-refractivity contribution in [3.05, 3.63) is 34.9 Å². The zero-order chi connectivity index (χ0) is 14.8. The molecule has 1 saturated heterocycles. The molecule has 1 aliphatic heterocycles. The van der Waals surface area contributed by atoms with Crippen molar-refractivity contribution >= 4 is 17.5 Å². The van der Waals surface area contributed by atoms with Gasteiger partial charge in [0.25, 0.3) is 0 Å². The Morgan fingerprint density at radius 3 is 2.85 bits per heavy atom. The smallest absolute Gasteiger partial charge is 0.230 e. The molecule has 1 aromatic carbocycles. The minimum absolute atomic E-state index is 0.0326. The zero-order valence-corrected chi connectivity index (χ0v) is 13.2. The van der Waals surface area contributed by atoms with E-state index in [1.807, 2.05) is 36.2 Å². The monoisotopic (exact) mass is 294 g/mol. The number of halogens is 1. The van der Waals surface area contributed by atoms with Crippen molar-refractivity contribution in [1.82, 2.24) is 10.2 Å². The number of hydrogen-bond acceptors (Lipinski definition) is 2. The van der Waals surface area contributed by atoms with E-state index in [2.05, 4.69) is 19.2 Å². The standard InChI is InChI=1S/C16H23ClN2O/c1-4-16(8-9-18-11-16)15(20)19(3)12(2)13-6-5-7-14(17)10-13/h5-7,10,12,18H,4,8-9,11H2,1-3H3. The van der Waals surface area contributed by atoms with Crippen LogP contribution >= 0.6 is 11.6 Å². The zero-order valence-electron chi connectivity index (χ0n) is 12.4. The minimum Gasteiger partial charge on any atom is -0.338 e. The van der Waals surface area contributed by atoms with Crippen LogP contribution < -0.4 is 5.32 Å². The van der Waals surface area contributed by atoms with Crippen LogP contribution in [0.25, 0.3) is 0 Å². The summed E-state index contributed by atoms with van der Waals surface area (Å²) in [6.07, 6.45) is 1.81. The number of carbonyl (C=O) groups excluding carboxylic acids is 1. The normalized spacial score (nSPS) is 23.6. The van der Waals surface area contributed by atoms with Crippen molar-refractivity contribution in [2.24, 2.45) is 5.41 Å². The minimum atomic E-state index is -0.235. The quantitative estimate of drug-likeness (QED) is 0.924. The van der Waals surface area contributed by atoms with Crippen LogP contribution in [0.15, 0.2) is 24.3 Å². The van der Waals surface area contributed by atoms with Crippen molar-refractivity contribution in [1.29, 1.82) is 0 Å². The van der Waals surface area contributed by atoms with Gasteiger partial charge >= 0.3 is 0 Å². The Kier molecular flexibility index (Phi) is 4.71. The summed E-state index contributed by atoms with van der Waals surface area (Å²) in [7, 11) is 1.89. The van der Waals surface area contributed by atoms with Gasteiger partial charge in [-0.1, -0.05) is 30.7 Å². The Balaban J connectivity index is 2.17. The van der Waals surface area contributed by atoms with Crippen LogP contribution in [-0.2, 0) is 4.79 Å². The first-order chi connectivity index (χ1) is 9.50. The molecule has 2 unspecified atom stereocenters. The Bertz CT molecular complexity index is 483. The first kappa shape index (κ1) is 15.3. The highest BCUT2D eigenvalue weighted by molar-refractivity contribution is 6.30. The predicted octanol–water partition coefficient (Wildman–Crippen LogP) is 3.25. The first-order valence-electron chi connectivity index (χ1n) is 7.23. The van der Waals surface area contributed by atoms with Gasteiger partial charge in [0.05, 0.1) is 11.5 Å². The van der Waals surface area contributed by atoms with Gasteiger partial charge in [0.2, 0.25) is 5.91 Å². The summed E-state index contributed by atoms with van der Waals surface area (Å²) in [6, 6.07) is 7.77. The van der Waals surface area contributed by atoms with Crippen LogP contribution in [0, 0.1) is 5.41 Å². The van der Waals surface area contributed by atoms with Gasteiger partial charge in [-0.3, -0.25) is 4.79 Å².